The van der Waals surface area contributed by atoms with E-state index in [1.807, 2.05) is 12.1 Å². The molecule has 2 rings (SSSR count). The lowest BCUT2D eigenvalue weighted by molar-refractivity contribution is 0.158. The van der Waals surface area contributed by atoms with Crippen LogP contribution in [0.3, 0.4) is 0 Å². The van der Waals surface area contributed by atoms with Crippen molar-refractivity contribution < 1.29 is 5.11 Å². The van der Waals surface area contributed by atoms with Crippen LogP contribution in [0.25, 0.3) is 0 Å². The number of likely N-dealkylation sites (tertiary alicyclic amines) is 1. The van der Waals surface area contributed by atoms with Gasteiger partial charge in [0, 0.05) is 18.6 Å². The van der Waals surface area contributed by atoms with Crippen molar-refractivity contribution in [3.63, 3.8) is 0 Å². The monoisotopic (exact) mass is 234 g/mol. The summed E-state index contributed by atoms with van der Waals surface area (Å²) >= 11 is 0. The van der Waals surface area contributed by atoms with E-state index in [9.17, 15) is 5.11 Å². The van der Waals surface area contributed by atoms with E-state index in [0.29, 0.717) is 17.8 Å². The molecule has 94 valence electrons. The van der Waals surface area contributed by atoms with Crippen LogP contribution in [0, 0.1) is 0 Å². The Morgan fingerprint density at radius 2 is 2.12 bits per heavy atom. The van der Waals surface area contributed by atoms with Crippen molar-refractivity contribution in [2.45, 2.75) is 38.3 Å². The van der Waals surface area contributed by atoms with Crippen molar-refractivity contribution in [3.05, 3.63) is 29.8 Å². The maximum absolute atomic E-state index is 9.25. The van der Waals surface area contributed by atoms with E-state index in [-0.39, 0.29) is 0 Å². The fraction of sp³-hybridized carbons (Fsp3) is 0.571. The molecule has 2 atom stereocenters. The highest BCUT2D eigenvalue weighted by atomic mass is 16.3. The molecule has 3 N–H and O–H groups in total. The molecule has 1 aromatic rings. The molecular formula is C14H22N2O. The number of phenolic OH excluding ortho intramolecular Hbond substituents is 1. The summed E-state index contributed by atoms with van der Waals surface area (Å²) in [4.78, 5) is 2.47. The molecule has 0 spiro atoms. The fourth-order valence-electron chi connectivity index (χ4n) is 2.54. The van der Waals surface area contributed by atoms with Crippen LogP contribution in [0.4, 0.5) is 0 Å². The quantitative estimate of drug-likeness (QED) is 0.837. The second kappa shape index (κ2) is 5.52. The molecule has 0 aliphatic carbocycles. The highest BCUT2D eigenvalue weighted by molar-refractivity contribution is 5.26. The highest BCUT2D eigenvalue weighted by Gasteiger charge is 2.21. The third-order valence-corrected chi connectivity index (χ3v) is 3.58. The molecule has 17 heavy (non-hydrogen) atoms. The molecular weight excluding hydrogens is 212 g/mol. The number of hydrogen-bond donors (Lipinski definition) is 2. The van der Waals surface area contributed by atoms with Crippen LogP contribution in [-0.2, 0) is 6.42 Å². The van der Waals surface area contributed by atoms with E-state index >= 15 is 0 Å². The maximum Gasteiger partial charge on any atom is 0.115 e. The Balaban J connectivity index is 1.91. The van der Waals surface area contributed by atoms with Crippen LogP contribution in [0.5, 0.6) is 5.75 Å². The van der Waals surface area contributed by atoms with Crippen LogP contribution in [0.15, 0.2) is 24.3 Å². The van der Waals surface area contributed by atoms with Gasteiger partial charge >= 0.3 is 0 Å². The number of benzene rings is 1. The van der Waals surface area contributed by atoms with Crippen molar-refractivity contribution in [1.82, 2.24) is 4.90 Å². The zero-order valence-corrected chi connectivity index (χ0v) is 10.5. The predicted octanol–water partition coefficient (Wildman–Crippen LogP) is 1.75. The minimum absolute atomic E-state index is 0.335. The number of phenols is 1. The Labute approximate surface area is 103 Å². The molecule has 0 radical (unpaired) electrons. The number of rotatable bonds is 3. The Morgan fingerprint density at radius 1 is 1.41 bits per heavy atom. The smallest absolute Gasteiger partial charge is 0.115 e. The van der Waals surface area contributed by atoms with E-state index in [1.54, 1.807) is 12.1 Å². The van der Waals surface area contributed by atoms with Crippen LogP contribution in [0.1, 0.15) is 25.3 Å². The largest absolute Gasteiger partial charge is 0.508 e. The van der Waals surface area contributed by atoms with Gasteiger partial charge in [0.25, 0.3) is 0 Å². The molecule has 1 heterocycles. The van der Waals surface area contributed by atoms with Gasteiger partial charge in [-0.3, -0.25) is 4.90 Å². The molecule has 0 aromatic heterocycles. The van der Waals surface area contributed by atoms with Crippen LogP contribution >= 0.6 is 0 Å². The second-order valence-electron chi connectivity index (χ2n) is 5.12. The molecule has 1 fully saturated rings. The zero-order valence-electron chi connectivity index (χ0n) is 10.5. The molecule has 1 aliphatic rings. The van der Waals surface area contributed by atoms with E-state index in [4.69, 9.17) is 5.73 Å². The molecule has 3 heteroatoms. The Hall–Kier alpha value is -1.06. The topological polar surface area (TPSA) is 49.5 Å². The average Bonchev–Trinajstić information content (AvgIpc) is 2.32. The molecule has 1 aromatic carbocycles. The average molecular weight is 234 g/mol. The van der Waals surface area contributed by atoms with E-state index < -0.39 is 0 Å². The van der Waals surface area contributed by atoms with Crippen LogP contribution < -0.4 is 5.73 Å². The summed E-state index contributed by atoms with van der Waals surface area (Å²) in [6.45, 7) is 4.43. The SMILES string of the molecule is CC(Cc1ccc(O)cc1)N1CCCC(N)C1. The second-order valence-corrected chi connectivity index (χ2v) is 5.12. The molecule has 2 unspecified atom stereocenters. The summed E-state index contributed by atoms with van der Waals surface area (Å²) in [5, 5.41) is 9.25. The van der Waals surface area contributed by atoms with E-state index in [2.05, 4.69) is 11.8 Å². The van der Waals surface area contributed by atoms with Crippen LogP contribution in [0.2, 0.25) is 0 Å². The number of nitrogens with two attached hydrogens (primary N) is 1. The van der Waals surface area contributed by atoms with E-state index in [1.165, 1.54) is 12.0 Å². The first-order valence-electron chi connectivity index (χ1n) is 6.42. The van der Waals surface area contributed by atoms with Crippen molar-refractivity contribution in [2.24, 2.45) is 5.73 Å². The third kappa shape index (κ3) is 3.45. The van der Waals surface area contributed by atoms with Gasteiger partial charge in [-0.2, -0.15) is 0 Å². The maximum atomic E-state index is 9.25. The van der Waals surface area contributed by atoms with Crippen molar-refractivity contribution in [3.8, 4) is 5.75 Å². The Bertz CT molecular complexity index is 350. The van der Waals surface area contributed by atoms with Gasteiger partial charge in [-0.1, -0.05) is 12.1 Å². The van der Waals surface area contributed by atoms with Crippen molar-refractivity contribution >= 4 is 0 Å². The van der Waals surface area contributed by atoms with Gasteiger partial charge in [-0.25, -0.2) is 0 Å². The summed E-state index contributed by atoms with van der Waals surface area (Å²) in [6.07, 6.45) is 3.39. The summed E-state index contributed by atoms with van der Waals surface area (Å²) in [7, 11) is 0. The molecule has 1 saturated heterocycles. The standard InChI is InChI=1S/C14H22N2O/c1-11(16-8-2-3-13(15)10-16)9-12-4-6-14(17)7-5-12/h4-7,11,13,17H,2-3,8-10,15H2,1H3. The lowest BCUT2D eigenvalue weighted by Crippen LogP contribution is -2.47. The van der Waals surface area contributed by atoms with Gasteiger partial charge in [0.15, 0.2) is 0 Å². The summed E-state index contributed by atoms with van der Waals surface area (Å²) in [6, 6.07) is 8.36. The number of piperidine rings is 1. The lowest BCUT2D eigenvalue weighted by atomic mass is 10.0. The molecule has 1 aliphatic heterocycles. The van der Waals surface area contributed by atoms with Gasteiger partial charge in [0.1, 0.15) is 5.75 Å². The molecule has 3 nitrogen and oxygen atoms in total. The van der Waals surface area contributed by atoms with Gasteiger partial charge < -0.3 is 10.8 Å². The lowest BCUT2D eigenvalue weighted by Gasteiger charge is -2.35. The Morgan fingerprint density at radius 3 is 2.76 bits per heavy atom. The first-order valence-corrected chi connectivity index (χ1v) is 6.42. The van der Waals surface area contributed by atoms with E-state index in [0.717, 1.165) is 25.9 Å². The minimum Gasteiger partial charge on any atom is -0.508 e. The first kappa shape index (κ1) is 12.4. The molecule has 0 saturated carbocycles. The summed E-state index contributed by atoms with van der Waals surface area (Å²) in [5.74, 6) is 0.335. The first-order chi connectivity index (χ1) is 8.15. The fourth-order valence-corrected chi connectivity index (χ4v) is 2.54. The van der Waals surface area contributed by atoms with Crippen LogP contribution in [-0.4, -0.2) is 35.2 Å². The Kier molecular flexibility index (Phi) is 4.02. The normalized spacial score (nSPS) is 23.5. The van der Waals surface area contributed by atoms with Gasteiger partial charge in [-0.05, 0) is 50.4 Å². The minimum atomic E-state index is 0.335. The number of nitrogens with zero attached hydrogens (tertiary/aromatic N) is 1. The summed E-state index contributed by atoms with van der Waals surface area (Å²) in [5.41, 5.74) is 7.27. The number of hydrogen-bond acceptors (Lipinski definition) is 3. The predicted molar refractivity (Wildman–Crippen MR) is 70.1 cm³/mol. The zero-order chi connectivity index (χ0) is 12.3. The molecule has 0 bridgehead atoms. The van der Waals surface area contributed by atoms with Crippen molar-refractivity contribution in [2.75, 3.05) is 13.1 Å². The van der Waals surface area contributed by atoms with Gasteiger partial charge in [0.05, 0.1) is 0 Å². The van der Waals surface area contributed by atoms with Gasteiger partial charge in [-0.15, -0.1) is 0 Å². The highest BCUT2D eigenvalue weighted by Crippen LogP contribution is 2.16. The summed E-state index contributed by atoms with van der Waals surface area (Å²) < 4.78 is 0. The number of aromatic hydroxyl groups is 1. The van der Waals surface area contributed by atoms with Crippen molar-refractivity contribution in [1.29, 1.82) is 0 Å². The van der Waals surface area contributed by atoms with Gasteiger partial charge in [0.2, 0.25) is 0 Å². The third-order valence-electron chi connectivity index (χ3n) is 3.58. The molecule has 0 amide bonds.